The summed E-state index contributed by atoms with van der Waals surface area (Å²) in [6.07, 6.45) is 0. The number of para-hydroxylation sites is 2. The fraction of sp³-hybridized carbons (Fsp3) is 0.0526. The second-order valence-corrected chi connectivity index (χ2v) is 5.13. The first-order valence-electron chi connectivity index (χ1n) is 7.13. The van der Waals surface area contributed by atoms with Crippen molar-refractivity contribution in [3.8, 4) is 0 Å². The molecule has 0 N–H and O–H groups in total. The van der Waals surface area contributed by atoms with Gasteiger partial charge in [0.1, 0.15) is 0 Å². The van der Waals surface area contributed by atoms with Gasteiger partial charge in [0.15, 0.2) is 6.04 Å². The SMILES string of the molecule is c1ccc(C2N=[N+](c3ccccc3)c3ccccc32)cc1. The van der Waals surface area contributed by atoms with E-state index >= 15 is 0 Å². The minimum Gasteiger partial charge on any atom is -0.0622 e. The molecule has 0 bridgehead atoms. The van der Waals surface area contributed by atoms with Crippen LogP contribution in [0.15, 0.2) is 90.0 Å². The van der Waals surface area contributed by atoms with Crippen molar-refractivity contribution in [3.05, 3.63) is 96.1 Å². The molecule has 0 radical (unpaired) electrons. The molecule has 21 heavy (non-hydrogen) atoms. The lowest BCUT2D eigenvalue weighted by molar-refractivity contribution is 0.775. The largest absolute Gasteiger partial charge is 0.244 e. The predicted molar refractivity (Wildman–Crippen MR) is 85.1 cm³/mol. The Morgan fingerprint density at radius 1 is 0.667 bits per heavy atom. The van der Waals surface area contributed by atoms with E-state index in [1.807, 2.05) is 29.0 Å². The van der Waals surface area contributed by atoms with Gasteiger partial charge in [-0.25, -0.2) is 0 Å². The van der Waals surface area contributed by atoms with Crippen molar-refractivity contribution in [3.63, 3.8) is 0 Å². The highest BCUT2D eigenvalue weighted by Crippen LogP contribution is 2.40. The van der Waals surface area contributed by atoms with E-state index in [0.29, 0.717) is 0 Å². The zero-order valence-corrected chi connectivity index (χ0v) is 11.6. The van der Waals surface area contributed by atoms with E-state index in [1.54, 1.807) is 0 Å². The van der Waals surface area contributed by atoms with Gasteiger partial charge in [-0.15, -0.1) is 0 Å². The van der Waals surface area contributed by atoms with Crippen LogP contribution in [-0.4, -0.2) is 0 Å². The number of fused-ring (bicyclic) bond motifs is 1. The molecule has 2 heteroatoms. The lowest BCUT2D eigenvalue weighted by atomic mass is 9.99. The van der Waals surface area contributed by atoms with Gasteiger partial charge in [0.2, 0.25) is 11.4 Å². The van der Waals surface area contributed by atoms with Crippen LogP contribution in [0.1, 0.15) is 17.2 Å². The molecule has 0 amide bonds. The van der Waals surface area contributed by atoms with Crippen LogP contribution in [0.4, 0.5) is 11.4 Å². The van der Waals surface area contributed by atoms with Crippen LogP contribution in [0.25, 0.3) is 0 Å². The van der Waals surface area contributed by atoms with Gasteiger partial charge < -0.3 is 0 Å². The Morgan fingerprint density at radius 2 is 1.29 bits per heavy atom. The van der Waals surface area contributed by atoms with Crippen LogP contribution >= 0.6 is 0 Å². The summed E-state index contributed by atoms with van der Waals surface area (Å²) in [6, 6.07) is 29.3. The molecular weight excluding hydrogens is 256 g/mol. The summed E-state index contributed by atoms with van der Waals surface area (Å²) in [6.45, 7) is 0. The summed E-state index contributed by atoms with van der Waals surface area (Å²) in [7, 11) is 0. The summed E-state index contributed by atoms with van der Waals surface area (Å²) in [5.41, 5.74) is 4.75. The van der Waals surface area contributed by atoms with E-state index < -0.39 is 0 Å². The molecular formula is C19H15N2+. The lowest BCUT2D eigenvalue weighted by Crippen LogP contribution is -1.96. The quantitative estimate of drug-likeness (QED) is 0.578. The van der Waals surface area contributed by atoms with Crippen molar-refractivity contribution in [2.75, 3.05) is 0 Å². The number of nitrogens with zero attached hydrogens (tertiary/aromatic N) is 2. The van der Waals surface area contributed by atoms with E-state index in [0.717, 1.165) is 11.4 Å². The van der Waals surface area contributed by atoms with Crippen molar-refractivity contribution in [1.82, 2.24) is 4.70 Å². The first kappa shape index (κ1) is 12.0. The maximum absolute atomic E-state index is 4.93. The highest BCUT2D eigenvalue weighted by atomic mass is 15.3. The van der Waals surface area contributed by atoms with Gasteiger partial charge in [0.05, 0.1) is 5.56 Å². The maximum Gasteiger partial charge on any atom is 0.244 e. The van der Waals surface area contributed by atoms with Gasteiger partial charge in [-0.3, -0.25) is 0 Å². The zero-order chi connectivity index (χ0) is 14.1. The molecule has 1 atom stereocenters. The van der Waals surface area contributed by atoms with Crippen molar-refractivity contribution < 1.29 is 0 Å². The Hall–Kier alpha value is -2.74. The average molecular weight is 271 g/mol. The number of rotatable bonds is 2. The molecule has 0 spiro atoms. The van der Waals surface area contributed by atoms with Gasteiger partial charge in [-0.1, -0.05) is 60.7 Å². The molecule has 1 aliphatic rings. The number of hydrogen-bond acceptors (Lipinski definition) is 1. The number of azo groups is 2. The maximum atomic E-state index is 4.93. The molecule has 0 fully saturated rings. The third-order valence-electron chi connectivity index (χ3n) is 3.81. The van der Waals surface area contributed by atoms with E-state index in [4.69, 9.17) is 5.11 Å². The first-order valence-corrected chi connectivity index (χ1v) is 7.13. The Morgan fingerprint density at radius 3 is 2.05 bits per heavy atom. The summed E-state index contributed by atoms with van der Waals surface area (Å²) >= 11 is 0. The van der Waals surface area contributed by atoms with Crippen LogP contribution in [-0.2, 0) is 0 Å². The van der Waals surface area contributed by atoms with E-state index in [9.17, 15) is 0 Å². The van der Waals surface area contributed by atoms with Crippen LogP contribution in [0.2, 0.25) is 0 Å². The Balaban J connectivity index is 1.89. The monoisotopic (exact) mass is 271 g/mol. The first-order chi connectivity index (χ1) is 10.4. The lowest BCUT2D eigenvalue weighted by Gasteiger charge is -2.03. The molecule has 0 aromatic heterocycles. The topological polar surface area (TPSA) is 15.4 Å². The highest BCUT2D eigenvalue weighted by Gasteiger charge is 2.34. The third kappa shape index (κ3) is 2.05. The summed E-state index contributed by atoms with van der Waals surface area (Å²) in [5.74, 6) is 0. The molecule has 1 heterocycles. The average Bonchev–Trinajstić information content (AvgIpc) is 2.96. The highest BCUT2D eigenvalue weighted by molar-refractivity contribution is 5.60. The molecule has 2 nitrogen and oxygen atoms in total. The fourth-order valence-corrected chi connectivity index (χ4v) is 2.81. The van der Waals surface area contributed by atoms with Gasteiger partial charge in [-0.05, 0) is 21.4 Å². The molecule has 0 saturated heterocycles. The Labute approximate surface area is 124 Å². The summed E-state index contributed by atoms with van der Waals surface area (Å²) in [5, 5.41) is 4.93. The van der Waals surface area contributed by atoms with Gasteiger partial charge >= 0.3 is 0 Å². The van der Waals surface area contributed by atoms with Crippen molar-refractivity contribution in [2.45, 2.75) is 6.04 Å². The number of hydrogen-bond donors (Lipinski definition) is 0. The van der Waals surface area contributed by atoms with Gasteiger partial charge in [0.25, 0.3) is 0 Å². The van der Waals surface area contributed by atoms with Crippen molar-refractivity contribution in [2.24, 2.45) is 5.11 Å². The van der Waals surface area contributed by atoms with Crippen LogP contribution in [0.3, 0.4) is 0 Å². The van der Waals surface area contributed by atoms with Crippen molar-refractivity contribution >= 4 is 11.4 Å². The van der Waals surface area contributed by atoms with Crippen LogP contribution < -0.4 is 4.70 Å². The molecule has 4 rings (SSSR count). The molecule has 3 aromatic carbocycles. The van der Waals surface area contributed by atoms with Crippen LogP contribution in [0, 0.1) is 0 Å². The Bertz CT molecular complexity index is 792. The molecule has 1 aliphatic heterocycles. The van der Waals surface area contributed by atoms with Gasteiger partial charge in [-0.2, -0.15) is 0 Å². The normalized spacial score (nSPS) is 16.4. The van der Waals surface area contributed by atoms with E-state index in [-0.39, 0.29) is 6.04 Å². The number of benzene rings is 3. The van der Waals surface area contributed by atoms with E-state index in [1.165, 1.54) is 11.1 Å². The second kappa shape index (κ2) is 4.98. The summed E-state index contributed by atoms with van der Waals surface area (Å²) in [4.78, 5) is 0. The van der Waals surface area contributed by atoms with Crippen molar-refractivity contribution in [1.29, 1.82) is 0 Å². The third-order valence-corrected chi connectivity index (χ3v) is 3.81. The minimum absolute atomic E-state index is 0.0719. The fourth-order valence-electron chi connectivity index (χ4n) is 2.81. The molecule has 0 saturated carbocycles. The Kier molecular flexibility index (Phi) is 2.86. The summed E-state index contributed by atoms with van der Waals surface area (Å²) < 4.78 is 2.05. The molecule has 0 aliphatic carbocycles. The van der Waals surface area contributed by atoms with E-state index in [2.05, 4.69) is 60.7 Å². The molecule has 100 valence electrons. The second-order valence-electron chi connectivity index (χ2n) is 5.13. The molecule has 1 unspecified atom stereocenters. The predicted octanol–water partition coefficient (Wildman–Crippen LogP) is 5.08. The van der Waals surface area contributed by atoms with Crippen LogP contribution in [0.5, 0.6) is 0 Å². The molecule has 3 aromatic rings. The standard InChI is InChI=1S/C19H15N2/c1-3-9-15(10-4-1)19-17-13-7-8-14-18(17)21(20-19)16-11-5-2-6-12-16/h1-14,19H/q+1. The van der Waals surface area contributed by atoms with Gasteiger partial charge in [0, 0.05) is 18.2 Å². The zero-order valence-electron chi connectivity index (χ0n) is 11.6. The minimum atomic E-state index is 0.0719. The smallest absolute Gasteiger partial charge is 0.0622 e.